The van der Waals surface area contributed by atoms with Gasteiger partial charge in [0, 0.05) is 30.4 Å². The average Bonchev–Trinajstić information content (AvgIpc) is 2.58. The zero-order valence-electron chi connectivity index (χ0n) is 15.2. The molecule has 0 heterocycles. The number of anilines is 2. The molecule has 1 atom stereocenters. The van der Waals surface area contributed by atoms with Gasteiger partial charge in [-0.25, -0.2) is 4.79 Å². The number of carbonyl (C=O) groups excluding carboxylic acids is 2. The van der Waals surface area contributed by atoms with E-state index in [9.17, 15) is 9.59 Å². The third kappa shape index (κ3) is 6.94. The largest absolute Gasteiger partial charge is 0.352 e. The van der Waals surface area contributed by atoms with Gasteiger partial charge in [-0.15, -0.1) is 0 Å². The molecule has 138 valence electrons. The van der Waals surface area contributed by atoms with Crippen LogP contribution in [0.5, 0.6) is 0 Å². The maximum absolute atomic E-state index is 12.1. The molecule has 0 aromatic heterocycles. The number of urea groups is 1. The molecule has 0 saturated carbocycles. The van der Waals surface area contributed by atoms with E-state index in [0.717, 1.165) is 16.8 Å². The van der Waals surface area contributed by atoms with E-state index in [2.05, 4.69) is 16.0 Å². The van der Waals surface area contributed by atoms with Crippen LogP contribution in [0.3, 0.4) is 0 Å². The Labute approximate surface area is 154 Å². The second kappa shape index (κ2) is 9.58. The van der Waals surface area contributed by atoms with E-state index in [0.29, 0.717) is 25.1 Å². The average molecular weight is 354 g/mol. The normalized spacial score (nSPS) is 11.5. The Kier molecular flexibility index (Phi) is 7.17. The van der Waals surface area contributed by atoms with Crippen LogP contribution >= 0.6 is 0 Å². The zero-order valence-corrected chi connectivity index (χ0v) is 15.2. The maximum Gasteiger partial charge on any atom is 0.323 e. The number of aryl methyl sites for hydroxylation is 1. The van der Waals surface area contributed by atoms with Gasteiger partial charge in [0.15, 0.2) is 0 Å². The molecule has 2 rings (SSSR count). The molecule has 6 heteroatoms. The number of nitrogens with two attached hydrogens (primary N) is 1. The highest BCUT2D eigenvalue weighted by molar-refractivity contribution is 5.99. The monoisotopic (exact) mass is 354 g/mol. The number of amides is 3. The number of hydrogen-bond acceptors (Lipinski definition) is 3. The van der Waals surface area contributed by atoms with Gasteiger partial charge in [0.05, 0.1) is 0 Å². The molecular weight excluding hydrogens is 328 g/mol. The van der Waals surface area contributed by atoms with Gasteiger partial charge >= 0.3 is 6.03 Å². The minimum atomic E-state index is -0.311. The van der Waals surface area contributed by atoms with Gasteiger partial charge in [-0.05, 0) is 55.7 Å². The summed E-state index contributed by atoms with van der Waals surface area (Å²) in [4.78, 5) is 23.9. The topological polar surface area (TPSA) is 96.2 Å². The summed E-state index contributed by atoms with van der Waals surface area (Å²) in [6.07, 6.45) is 1.07. The van der Waals surface area contributed by atoms with Crippen LogP contribution in [0.25, 0.3) is 0 Å². The minimum absolute atomic E-state index is 0.0141. The van der Waals surface area contributed by atoms with Gasteiger partial charge in [0.25, 0.3) is 0 Å². The van der Waals surface area contributed by atoms with Gasteiger partial charge in [-0.3, -0.25) is 4.79 Å². The third-order valence-corrected chi connectivity index (χ3v) is 3.78. The Morgan fingerprint density at radius 3 is 2.35 bits per heavy atom. The summed E-state index contributed by atoms with van der Waals surface area (Å²) in [6.45, 7) is 4.26. The summed E-state index contributed by atoms with van der Waals surface area (Å²) in [5, 5.41) is 8.45. The van der Waals surface area contributed by atoms with E-state index < -0.39 is 0 Å². The molecule has 0 aliphatic rings. The molecule has 0 aliphatic heterocycles. The molecule has 5 N–H and O–H groups in total. The van der Waals surface area contributed by atoms with Crippen molar-refractivity contribution in [1.29, 1.82) is 0 Å². The minimum Gasteiger partial charge on any atom is -0.352 e. The SMILES string of the molecule is Cc1cccc(NC(=O)Nc2cccc(CNC(=O)CCC(C)N)c2)c1. The molecule has 0 bridgehead atoms. The molecule has 2 aromatic carbocycles. The molecule has 2 aromatic rings. The second-order valence-corrected chi connectivity index (χ2v) is 6.44. The van der Waals surface area contributed by atoms with Crippen LogP contribution in [0.4, 0.5) is 16.2 Å². The number of hydrogen-bond donors (Lipinski definition) is 4. The van der Waals surface area contributed by atoms with Crippen LogP contribution in [0.15, 0.2) is 48.5 Å². The lowest BCUT2D eigenvalue weighted by atomic mass is 10.1. The molecule has 0 radical (unpaired) electrons. The first-order valence-electron chi connectivity index (χ1n) is 8.68. The van der Waals surface area contributed by atoms with Gasteiger partial charge in [0.2, 0.25) is 5.91 Å². The first-order valence-corrected chi connectivity index (χ1v) is 8.68. The van der Waals surface area contributed by atoms with Crippen molar-refractivity contribution in [1.82, 2.24) is 5.32 Å². The van der Waals surface area contributed by atoms with Crippen LogP contribution < -0.4 is 21.7 Å². The number of carbonyl (C=O) groups is 2. The standard InChI is InChI=1S/C20H26N4O2/c1-14-5-3-7-17(11-14)23-20(26)24-18-8-4-6-16(12-18)13-22-19(25)10-9-15(2)21/h3-8,11-12,15H,9-10,13,21H2,1-2H3,(H,22,25)(H2,23,24,26). The molecule has 0 aliphatic carbocycles. The van der Waals surface area contributed by atoms with Gasteiger partial charge in [0.1, 0.15) is 0 Å². The van der Waals surface area contributed by atoms with Crippen LogP contribution in [0.2, 0.25) is 0 Å². The van der Waals surface area contributed by atoms with Gasteiger partial charge < -0.3 is 21.7 Å². The van der Waals surface area contributed by atoms with E-state index in [1.54, 1.807) is 6.07 Å². The Morgan fingerprint density at radius 2 is 1.69 bits per heavy atom. The summed E-state index contributed by atoms with van der Waals surface area (Å²) >= 11 is 0. The molecule has 1 unspecified atom stereocenters. The fourth-order valence-electron chi connectivity index (χ4n) is 2.42. The van der Waals surface area contributed by atoms with E-state index >= 15 is 0 Å². The summed E-state index contributed by atoms with van der Waals surface area (Å²) < 4.78 is 0. The number of nitrogens with one attached hydrogen (secondary N) is 3. The van der Waals surface area contributed by atoms with Gasteiger partial charge in [-0.1, -0.05) is 24.3 Å². The fourth-order valence-corrected chi connectivity index (χ4v) is 2.42. The van der Waals surface area contributed by atoms with Crippen molar-refractivity contribution in [2.45, 2.75) is 39.3 Å². The molecular formula is C20H26N4O2. The van der Waals surface area contributed by atoms with Crippen LogP contribution in [0, 0.1) is 6.92 Å². The molecule has 3 amide bonds. The highest BCUT2D eigenvalue weighted by Crippen LogP contribution is 2.13. The van der Waals surface area contributed by atoms with Crippen molar-refractivity contribution >= 4 is 23.3 Å². The lowest BCUT2D eigenvalue weighted by Gasteiger charge is -2.10. The molecule has 6 nitrogen and oxygen atoms in total. The molecule has 0 spiro atoms. The lowest BCUT2D eigenvalue weighted by Crippen LogP contribution is -2.25. The third-order valence-electron chi connectivity index (χ3n) is 3.78. The first kappa shape index (κ1) is 19.5. The quantitative estimate of drug-likeness (QED) is 0.614. The molecule has 0 fully saturated rings. The van der Waals surface area contributed by atoms with E-state index in [1.165, 1.54) is 0 Å². The first-order chi connectivity index (χ1) is 12.4. The van der Waals surface area contributed by atoms with Gasteiger partial charge in [-0.2, -0.15) is 0 Å². The summed E-state index contributed by atoms with van der Waals surface area (Å²) in [5.41, 5.74) is 9.04. The summed E-state index contributed by atoms with van der Waals surface area (Å²) in [7, 11) is 0. The lowest BCUT2D eigenvalue weighted by molar-refractivity contribution is -0.121. The highest BCUT2D eigenvalue weighted by atomic mass is 16.2. The Hall–Kier alpha value is -2.86. The Bertz CT molecular complexity index is 759. The number of rotatable bonds is 7. The fraction of sp³-hybridized carbons (Fsp3) is 0.300. The van der Waals surface area contributed by atoms with Crippen LogP contribution in [-0.4, -0.2) is 18.0 Å². The molecule has 0 saturated heterocycles. The predicted molar refractivity (Wildman–Crippen MR) is 105 cm³/mol. The second-order valence-electron chi connectivity index (χ2n) is 6.44. The van der Waals surface area contributed by atoms with Crippen molar-refractivity contribution in [2.75, 3.05) is 10.6 Å². The van der Waals surface area contributed by atoms with E-state index in [1.807, 2.05) is 56.3 Å². The Morgan fingerprint density at radius 1 is 1.04 bits per heavy atom. The summed E-state index contributed by atoms with van der Waals surface area (Å²) in [5.74, 6) is -0.0298. The smallest absolute Gasteiger partial charge is 0.323 e. The number of benzene rings is 2. The molecule has 26 heavy (non-hydrogen) atoms. The van der Waals surface area contributed by atoms with Crippen molar-refractivity contribution in [3.8, 4) is 0 Å². The predicted octanol–water partition coefficient (Wildman–Crippen LogP) is 3.38. The van der Waals surface area contributed by atoms with Crippen molar-refractivity contribution in [3.05, 3.63) is 59.7 Å². The van der Waals surface area contributed by atoms with Crippen molar-refractivity contribution in [2.24, 2.45) is 5.73 Å². The van der Waals surface area contributed by atoms with Crippen LogP contribution in [-0.2, 0) is 11.3 Å². The van der Waals surface area contributed by atoms with E-state index in [-0.39, 0.29) is 18.0 Å². The Balaban J connectivity index is 1.86. The summed E-state index contributed by atoms with van der Waals surface area (Å²) in [6, 6.07) is 14.7. The highest BCUT2D eigenvalue weighted by Gasteiger charge is 2.06. The van der Waals surface area contributed by atoms with Crippen molar-refractivity contribution < 1.29 is 9.59 Å². The van der Waals surface area contributed by atoms with Crippen LogP contribution in [0.1, 0.15) is 30.9 Å². The van der Waals surface area contributed by atoms with E-state index in [4.69, 9.17) is 5.73 Å². The maximum atomic E-state index is 12.1. The van der Waals surface area contributed by atoms with Crippen molar-refractivity contribution in [3.63, 3.8) is 0 Å². The zero-order chi connectivity index (χ0) is 18.9.